The van der Waals surface area contributed by atoms with Crippen LogP contribution in [0.15, 0.2) is 0 Å². The molecule has 1 aliphatic carbocycles. The van der Waals surface area contributed by atoms with E-state index in [-0.39, 0.29) is 11.7 Å². The SMILES string of the molecule is CCC(C)(C)C(=O)NC1(CS(=O)(=O)O)CC1. The molecule has 16 heavy (non-hydrogen) atoms. The molecule has 2 N–H and O–H groups in total. The molecular formula is C10H19NO4S. The molecule has 0 spiro atoms. The minimum absolute atomic E-state index is 0.156. The maximum Gasteiger partial charge on any atom is 0.267 e. The Bertz CT molecular complexity index is 382. The quantitative estimate of drug-likeness (QED) is 0.711. The first-order chi connectivity index (χ1) is 7.10. The highest BCUT2D eigenvalue weighted by molar-refractivity contribution is 7.85. The van der Waals surface area contributed by atoms with Crippen molar-refractivity contribution in [1.82, 2.24) is 5.32 Å². The summed E-state index contributed by atoms with van der Waals surface area (Å²) in [4.78, 5) is 11.8. The fourth-order valence-corrected chi connectivity index (χ4v) is 2.44. The van der Waals surface area contributed by atoms with Gasteiger partial charge in [0.1, 0.15) is 0 Å². The summed E-state index contributed by atoms with van der Waals surface area (Å²) in [6.07, 6.45) is 1.90. The summed E-state index contributed by atoms with van der Waals surface area (Å²) in [5.41, 5.74) is -1.23. The summed E-state index contributed by atoms with van der Waals surface area (Å²) >= 11 is 0. The predicted molar refractivity (Wildman–Crippen MR) is 60.6 cm³/mol. The van der Waals surface area contributed by atoms with Crippen molar-refractivity contribution in [3.63, 3.8) is 0 Å². The van der Waals surface area contributed by atoms with Crippen LogP contribution in [0.4, 0.5) is 0 Å². The van der Waals surface area contributed by atoms with Crippen LogP contribution in [-0.2, 0) is 14.9 Å². The van der Waals surface area contributed by atoms with Crippen molar-refractivity contribution in [2.75, 3.05) is 5.75 Å². The maximum absolute atomic E-state index is 11.8. The van der Waals surface area contributed by atoms with Crippen LogP contribution < -0.4 is 5.32 Å². The molecule has 0 aromatic rings. The normalized spacial score (nSPS) is 19.2. The molecule has 1 amide bonds. The van der Waals surface area contributed by atoms with E-state index in [0.717, 1.165) is 0 Å². The average molecular weight is 249 g/mol. The Kier molecular flexibility index (Phi) is 3.36. The van der Waals surface area contributed by atoms with Crippen LogP contribution >= 0.6 is 0 Å². The third-order valence-electron chi connectivity index (χ3n) is 3.19. The number of hydrogen-bond donors (Lipinski definition) is 2. The number of amides is 1. The lowest BCUT2D eigenvalue weighted by molar-refractivity contribution is -0.130. The van der Waals surface area contributed by atoms with Crippen LogP contribution in [0, 0.1) is 5.41 Å². The molecular weight excluding hydrogens is 230 g/mol. The first-order valence-corrected chi connectivity index (χ1v) is 6.99. The molecule has 94 valence electrons. The summed E-state index contributed by atoms with van der Waals surface area (Å²) in [6, 6.07) is 0. The summed E-state index contributed by atoms with van der Waals surface area (Å²) in [7, 11) is -4.03. The lowest BCUT2D eigenvalue weighted by atomic mass is 9.89. The van der Waals surface area contributed by atoms with Gasteiger partial charge in [-0.2, -0.15) is 8.42 Å². The van der Waals surface area contributed by atoms with E-state index in [2.05, 4.69) is 5.32 Å². The van der Waals surface area contributed by atoms with Gasteiger partial charge in [0.15, 0.2) is 0 Å². The smallest absolute Gasteiger partial charge is 0.267 e. The molecule has 0 radical (unpaired) electrons. The van der Waals surface area contributed by atoms with Crippen LogP contribution in [-0.4, -0.2) is 30.2 Å². The van der Waals surface area contributed by atoms with Crippen molar-refractivity contribution < 1.29 is 17.8 Å². The summed E-state index contributed by atoms with van der Waals surface area (Å²) < 4.78 is 30.4. The van der Waals surface area contributed by atoms with Gasteiger partial charge in [0, 0.05) is 5.41 Å². The van der Waals surface area contributed by atoms with Crippen LogP contribution in [0.3, 0.4) is 0 Å². The molecule has 1 aliphatic rings. The van der Waals surface area contributed by atoms with E-state index in [9.17, 15) is 13.2 Å². The minimum atomic E-state index is -4.03. The van der Waals surface area contributed by atoms with E-state index in [1.165, 1.54) is 0 Å². The molecule has 6 heteroatoms. The zero-order valence-electron chi connectivity index (χ0n) is 9.91. The molecule has 1 fully saturated rings. The Balaban J connectivity index is 2.65. The van der Waals surface area contributed by atoms with E-state index < -0.39 is 21.1 Å². The molecule has 0 aliphatic heterocycles. The topological polar surface area (TPSA) is 83.5 Å². The second-order valence-corrected chi connectivity index (χ2v) is 6.65. The molecule has 0 bridgehead atoms. The Hall–Kier alpha value is -0.620. The number of nitrogens with one attached hydrogen (secondary N) is 1. The number of carbonyl (C=O) groups is 1. The van der Waals surface area contributed by atoms with Crippen molar-refractivity contribution in [2.45, 2.75) is 45.6 Å². The van der Waals surface area contributed by atoms with Crippen LogP contribution in [0.1, 0.15) is 40.0 Å². The van der Waals surface area contributed by atoms with Gasteiger partial charge < -0.3 is 5.32 Å². The number of hydrogen-bond acceptors (Lipinski definition) is 3. The molecule has 0 aromatic carbocycles. The Labute approximate surface area is 96.4 Å². The molecule has 1 rings (SSSR count). The first-order valence-electron chi connectivity index (χ1n) is 5.38. The van der Waals surface area contributed by atoms with E-state index in [0.29, 0.717) is 19.3 Å². The molecule has 0 aromatic heterocycles. The van der Waals surface area contributed by atoms with Gasteiger partial charge in [-0.15, -0.1) is 0 Å². The highest BCUT2D eigenvalue weighted by Crippen LogP contribution is 2.37. The molecule has 1 saturated carbocycles. The molecule has 5 nitrogen and oxygen atoms in total. The predicted octanol–water partition coefficient (Wildman–Crippen LogP) is 0.959. The highest BCUT2D eigenvalue weighted by atomic mass is 32.2. The number of carbonyl (C=O) groups excluding carboxylic acids is 1. The van der Waals surface area contributed by atoms with Gasteiger partial charge in [-0.3, -0.25) is 9.35 Å². The van der Waals surface area contributed by atoms with E-state index in [1.807, 2.05) is 20.8 Å². The van der Waals surface area contributed by atoms with Crippen LogP contribution in [0.25, 0.3) is 0 Å². The standard InChI is InChI=1S/C10H19NO4S/c1-4-9(2,3)8(12)11-10(5-6-10)7-16(13,14)15/h4-7H2,1-3H3,(H,11,12)(H,13,14,15). The van der Waals surface area contributed by atoms with Gasteiger partial charge in [0.2, 0.25) is 5.91 Å². The summed E-state index contributed by atoms with van der Waals surface area (Å²) in [6.45, 7) is 5.53. The van der Waals surface area contributed by atoms with Crippen molar-refractivity contribution >= 4 is 16.0 Å². The lowest BCUT2D eigenvalue weighted by Gasteiger charge is -2.25. The minimum Gasteiger partial charge on any atom is -0.349 e. The molecule has 0 atom stereocenters. The van der Waals surface area contributed by atoms with Crippen LogP contribution in [0.5, 0.6) is 0 Å². The van der Waals surface area contributed by atoms with Crippen LogP contribution in [0.2, 0.25) is 0 Å². The summed E-state index contributed by atoms with van der Waals surface area (Å²) in [5.74, 6) is -0.540. The fraction of sp³-hybridized carbons (Fsp3) is 0.900. The first kappa shape index (κ1) is 13.4. The fourth-order valence-electron chi connectivity index (χ4n) is 1.38. The molecule has 0 heterocycles. The average Bonchev–Trinajstić information content (AvgIpc) is 2.81. The van der Waals surface area contributed by atoms with Crippen molar-refractivity contribution in [1.29, 1.82) is 0 Å². The third kappa shape index (κ3) is 3.45. The van der Waals surface area contributed by atoms with Gasteiger partial charge >= 0.3 is 0 Å². The van der Waals surface area contributed by atoms with Gasteiger partial charge in [-0.25, -0.2) is 0 Å². The molecule has 0 unspecified atom stereocenters. The second-order valence-electron chi connectivity index (χ2n) is 5.20. The monoisotopic (exact) mass is 249 g/mol. The highest BCUT2D eigenvalue weighted by Gasteiger charge is 2.48. The van der Waals surface area contributed by atoms with Crippen molar-refractivity contribution in [2.24, 2.45) is 5.41 Å². The Morgan fingerprint density at radius 1 is 1.44 bits per heavy atom. The van der Waals surface area contributed by atoms with E-state index >= 15 is 0 Å². The zero-order chi connectivity index (χ0) is 12.6. The maximum atomic E-state index is 11.8. The van der Waals surface area contributed by atoms with Gasteiger partial charge in [0.25, 0.3) is 10.1 Å². The van der Waals surface area contributed by atoms with Gasteiger partial charge in [-0.05, 0) is 19.3 Å². The largest absolute Gasteiger partial charge is 0.349 e. The van der Waals surface area contributed by atoms with Gasteiger partial charge in [0.05, 0.1) is 11.3 Å². The summed E-state index contributed by atoms with van der Waals surface area (Å²) in [5, 5.41) is 2.74. The third-order valence-corrected chi connectivity index (χ3v) is 4.11. The number of rotatable bonds is 5. The van der Waals surface area contributed by atoms with E-state index in [1.54, 1.807) is 0 Å². The lowest BCUT2D eigenvalue weighted by Crippen LogP contribution is -2.47. The van der Waals surface area contributed by atoms with Crippen molar-refractivity contribution in [3.8, 4) is 0 Å². The van der Waals surface area contributed by atoms with E-state index in [4.69, 9.17) is 4.55 Å². The molecule has 0 saturated heterocycles. The Morgan fingerprint density at radius 3 is 2.25 bits per heavy atom. The van der Waals surface area contributed by atoms with Crippen molar-refractivity contribution in [3.05, 3.63) is 0 Å². The second kappa shape index (κ2) is 4.00. The zero-order valence-corrected chi connectivity index (χ0v) is 10.7. The Morgan fingerprint density at radius 2 is 1.94 bits per heavy atom. The van der Waals surface area contributed by atoms with Gasteiger partial charge in [-0.1, -0.05) is 20.8 Å².